The van der Waals surface area contributed by atoms with E-state index in [0.29, 0.717) is 17.7 Å². The highest BCUT2D eigenvalue weighted by Gasteiger charge is 2.20. The number of hydrogen-bond acceptors (Lipinski definition) is 4. The van der Waals surface area contributed by atoms with Crippen molar-refractivity contribution < 1.29 is 4.79 Å². The van der Waals surface area contributed by atoms with Crippen LogP contribution >= 0.6 is 11.8 Å². The number of nitrogens with zero attached hydrogens (tertiary/aromatic N) is 1. The van der Waals surface area contributed by atoms with Crippen molar-refractivity contribution in [3.8, 4) is 0 Å². The highest BCUT2D eigenvalue weighted by atomic mass is 32.2. The molecule has 4 nitrogen and oxygen atoms in total. The monoisotopic (exact) mass is 229 g/mol. The van der Waals surface area contributed by atoms with E-state index in [1.807, 2.05) is 0 Å². The first-order valence-electron chi connectivity index (χ1n) is 5.27. The molecule has 1 aliphatic rings. The molecule has 0 fully saturated rings. The molecule has 0 aromatic rings. The maximum atomic E-state index is 11.0. The Morgan fingerprint density at radius 2 is 2.40 bits per heavy atom. The van der Waals surface area contributed by atoms with Crippen molar-refractivity contribution in [2.45, 2.75) is 25.5 Å². The van der Waals surface area contributed by atoms with Gasteiger partial charge in [0, 0.05) is 12.3 Å². The summed E-state index contributed by atoms with van der Waals surface area (Å²) in [6, 6.07) is 0. The quantitative estimate of drug-likeness (QED) is 0.751. The fraction of sp³-hybridized carbons (Fsp3) is 0.800. The van der Waals surface area contributed by atoms with Gasteiger partial charge in [0.15, 0.2) is 5.17 Å². The molecule has 15 heavy (non-hydrogen) atoms. The lowest BCUT2D eigenvalue weighted by Gasteiger charge is -2.10. The molecule has 1 atom stereocenters. The molecule has 0 radical (unpaired) electrons. The van der Waals surface area contributed by atoms with Crippen molar-refractivity contribution in [2.75, 3.05) is 20.1 Å². The van der Waals surface area contributed by atoms with Crippen molar-refractivity contribution in [1.82, 2.24) is 10.6 Å². The number of carbonyl (C=O) groups excluding carboxylic acids is 1. The Bertz CT molecular complexity index is 253. The largest absolute Gasteiger partial charge is 0.358 e. The van der Waals surface area contributed by atoms with Crippen LogP contribution in [0.3, 0.4) is 0 Å². The summed E-state index contributed by atoms with van der Waals surface area (Å²) >= 11 is 1.75. The first-order chi connectivity index (χ1) is 7.11. The van der Waals surface area contributed by atoms with Crippen molar-refractivity contribution in [2.24, 2.45) is 10.9 Å². The molecule has 0 aliphatic carbocycles. The van der Waals surface area contributed by atoms with Crippen LogP contribution in [0, 0.1) is 5.92 Å². The normalized spacial score (nSPS) is 20.3. The molecular weight excluding hydrogens is 210 g/mol. The molecule has 1 heterocycles. The molecule has 0 aromatic heterocycles. The molecule has 5 heteroatoms. The van der Waals surface area contributed by atoms with Crippen LogP contribution in [0.25, 0.3) is 0 Å². The van der Waals surface area contributed by atoms with Gasteiger partial charge in [-0.25, -0.2) is 0 Å². The molecule has 1 amide bonds. The molecule has 1 aliphatic heterocycles. The van der Waals surface area contributed by atoms with Crippen molar-refractivity contribution in [3.05, 3.63) is 0 Å². The number of nitrogens with one attached hydrogen (secondary N) is 2. The summed E-state index contributed by atoms with van der Waals surface area (Å²) in [6.07, 6.45) is 1.18. The van der Waals surface area contributed by atoms with Gasteiger partial charge in [0.2, 0.25) is 5.91 Å². The summed E-state index contributed by atoms with van der Waals surface area (Å²) in [6.45, 7) is 5.63. The van der Waals surface area contributed by atoms with Crippen LogP contribution in [-0.2, 0) is 4.79 Å². The summed E-state index contributed by atoms with van der Waals surface area (Å²) in [7, 11) is 1.63. The fourth-order valence-corrected chi connectivity index (χ4v) is 2.66. The van der Waals surface area contributed by atoms with Crippen molar-refractivity contribution in [3.63, 3.8) is 0 Å². The molecule has 86 valence electrons. The van der Waals surface area contributed by atoms with Crippen molar-refractivity contribution >= 4 is 22.8 Å². The molecule has 0 aromatic carbocycles. The van der Waals surface area contributed by atoms with E-state index in [4.69, 9.17) is 0 Å². The Morgan fingerprint density at radius 1 is 1.67 bits per heavy atom. The highest BCUT2D eigenvalue weighted by molar-refractivity contribution is 8.14. The number of likely N-dealkylation sites (N-methyl/N-ethyl adjacent to an activating group) is 1. The topological polar surface area (TPSA) is 53.5 Å². The third-order valence-electron chi connectivity index (χ3n) is 2.13. The van der Waals surface area contributed by atoms with Gasteiger partial charge in [0.05, 0.1) is 13.1 Å². The van der Waals surface area contributed by atoms with Crippen LogP contribution < -0.4 is 10.6 Å². The number of aliphatic imine (C=N–C) groups is 1. The summed E-state index contributed by atoms with van der Waals surface area (Å²) in [5.41, 5.74) is 0. The van der Waals surface area contributed by atoms with Crippen LogP contribution in [0.2, 0.25) is 0 Å². The number of amidine groups is 1. The zero-order valence-electron chi connectivity index (χ0n) is 9.54. The van der Waals surface area contributed by atoms with Gasteiger partial charge in [-0.3, -0.25) is 9.79 Å². The Kier molecular flexibility index (Phi) is 4.94. The zero-order valence-corrected chi connectivity index (χ0v) is 10.4. The molecular formula is C10H19N3OS. The Hall–Kier alpha value is -0.710. The average molecular weight is 229 g/mol. The molecule has 0 spiro atoms. The van der Waals surface area contributed by atoms with Gasteiger partial charge in [-0.05, 0) is 12.3 Å². The second kappa shape index (κ2) is 6.00. The smallest absolute Gasteiger partial charge is 0.239 e. The van der Waals surface area contributed by atoms with Crippen LogP contribution in [0.4, 0.5) is 0 Å². The van der Waals surface area contributed by atoms with Crippen LogP contribution in [-0.4, -0.2) is 36.5 Å². The van der Waals surface area contributed by atoms with E-state index < -0.39 is 0 Å². The van der Waals surface area contributed by atoms with Gasteiger partial charge in [-0.2, -0.15) is 0 Å². The van der Waals surface area contributed by atoms with Gasteiger partial charge in [-0.15, -0.1) is 0 Å². The SMILES string of the molecule is CNC(=O)CNC1=NCC(CC(C)C)S1. The number of carbonyl (C=O) groups is 1. The summed E-state index contributed by atoms with van der Waals surface area (Å²) in [5.74, 6) is 0.696. The van der Waals surface area contributed by atoms with E-state index >= 15 is 0 Å². The van der Waals surface area contributed by atoms with E-state index in [1.165, 1.54) is 6.42 Å². The standard InChI is InChI=1S/C10H19N3OS/c1-7(2)4-8-5-12-10(15-8)13-6-9(14)11-3/h7-8H,4-6H2,1-3H3,(H,11,14)(H,12,13). The maximum absolute atomic E-state index is 11.0. The molecule has 0 bridgehead atoms. The first-order valence-corrected chi connectivity index (χ1v) is 6.15. The summed E-state index contributed by atoms with van der Waals surface area (Å²) in [5, 5.41) is 7.09. The first kappa shape index (κ1) is 12.4. The van der Waals surface area contributed by atoms with Gasteiger partial charge in [0.25, 0.3) is 0 Å². The number of rotatable bonds is 4. The average Bonchev–Trinajstić information content (AvgIpc) is 2.61. The van der Waals surface area contributed by atoms with E-state index in [9.17, 15) is 4.79 Å². The van der Waals surface area contributed by atoms with E-state index in [1.54, 1.807) is 18.8 Å². The zero-order chi connectivity index (χ0) is 11.3. The number of amides is 1. The Balaban J connectivity index is 2.21. The predicted octanol–water partition coefficient (Wildman–Crippen LogP) is 0.839. The lowest BCUT2D eigenvalue weighted by atomic mass is 10.1. The molecule has 1 unspecified atom stereocenters. The third kappa shape index (κ3) is 4.55. The van der Waals surface area contributed by atoms with Crippen LogP contribution in [0.5, 0.6) is 0 Å². The minimum Gasteiger partial charge on any atom is -0.358 e. The lowest BCUT2D eigenvalue weighted by molar-refractivity contribution is -0.119. The minimum atomic E-state index is -0.00869. The van der Waals surface area contributed by atoms with Gasteiger partial charge >= 0.3 is 0 Å². The van der Waals surface area contributed by atoms with E-state index in [2.05, 4.69) is 29.5 Å². The second-order valence-electron chi connectivity index (χ2n) is 4.04. The molecule has 1 rings (SSSR count). The maximum Gasteiger partial charge on any atom is 0.239 e. The fourth-order valence-electron chi connectivity index (χ4n) is 1.41. The minimum absolute atomic E-state index is 0.00869. The second-order valence-corrected chi connectivity index (χ2v) is 5.33. The molecule has 0 saturated carbocycles. The third-order valence-corrected chi connectivity index (χ3v) is 3.30. The molecule has 0 saturated heterocycles. The van der Waals surface area contributed by atoms with Crippen LogP contribution in [0.1, 0.15) is 20.3 Å². The Labute approximate surface area is 95.3 Å². The van der Waals surface area contributed by atoms with Gasteiger partial charge in [-0.1, -0.05) is 25.6 Å². The van der Waals surface area contributed by atoms with Crippen LogP contribution in [0.15, 0.2) is 4.99 Å². The number of thioether (sulfide) groups is 1. The summed E-state index contributed by atoms with van der Waals surface area (Å²) < 4.78 is 0. The summed E-state index contributed by atoms with van der Waals surface area (Å²) in [4.78, 5) is 15.4. The van der Waals surface area contributed by atoms with Crippen molar-refractivity contribution in [1.29, 1.82) is 0 Å². The Morgan fingerprint density at radius 3 is 3.00 bits per heavy atom. The van der Waals surface area contributed by atoms with E-state index in [0.717, 1.165) is 11.7 Å². The van der Waals surface area contributed by atoms with Gasteiger partial charge in [0.1, 0.15) is 0 Å². The van der Waals surface area contributed by atoms with Gasteiger partial charge < -0.3 is 10.6 Å². The predicted molar refractivity (Wildman–Crippen MR) is 65.2 cm³/mol. The number of hydrogen-bond donors (Lipinski definition) is 2. The van der Waals surface area contributed by atoms with E-state index in [-0.39, 0.29) is 5.91 Å². The lowest BCUT2D eigenvalue weighted by Crippen LogP contribution is -2.33. The molecule has 2 N–H and O–H groups in total. The highest BCUT2D eigenvalue weighted by Crippen LogP contribution is 2.25.